The van der Waals surface area contributed by atoms with E-state index in [1.807, 2.05) is 18.2 Å². The Balaban J connectivity index is 1.34. The number of benzene rings is 2. The summed E-state index contributed by atoms with van der Waals surface area (Å²) in [4.78, 5) is 32.2. The standard InChI is InChI=1S/C28H26ClF2N5O3/c29-20-3-1-2-19(12-20)26(37)34-22(27(38)35-28(16-32)8-9-28)14-25-33-21-5-4-18(13-23(21)39-25)17-6-10-36(11-7-17)15-24(30)31/h1-6,12-13,22,24H,7-11,14-15H2,(H,34,37)(H,35,38). The number of halogens is 3. The van der Waals surface area contributed by atoms with Crippen molar-refractivity contribution >= 4 is 40.1 Å². The van der Waals surface area contributed by atoms with E-state index in [9.17, 15) is 23.6 Å². The first kappa shape index (κ1) is 26.8. The fraction of sp³-hybridized carbons (Fsp3) is 0.357. The highest BCUT2D eigenvalue weighted by atomic mass is 35.5. The molecule has 5 rings (SSSR count). The molecule has 2 aliphatic rings. The third-order valence-corrected chi connectivity index (χ3v) is 7.14. The summed E-state index contributed by atoms with van der Waals surface area (Å²) in [5, 5.41) is 15.3. The van der Waals surface area contributed by atoms with Crippen LogP contribution in [0.15, 0.2) is 53.0 Å². The predicted octanol–water partition coefficient (Wildman–Crippen LogP) is 4.35. The monoisotopic (exact) mass is 553 g/mol. The number of nitrogens with zero attached hydrogens (tertiary/aromatic N) is 3. The average Bonchev–Trinajstić information content (AvgIpc) is 3.57. The van der Waals surface area contributed by atoms with Crippen LogP contribution in [0, 0.1) is 11.3 Å². The van der Waals surface area contributed by atoms with Crippen molar-refractivity contribution in [2.24, 2.45) is 0 Å². The van der Waals surface area contributed by atoms with Crippen molar-refractivity contribution in [1.82, 2.24) is 20.5 Å². The largest absolute Gasteiger partial charge is 0.441 e. The van der Waals surface area contributed by atoms with Crippen LogP contribution in [0.2, 0.25) is 5.02 Å². The molecule has 2 N–H and O–H groups in total. The number of aromatic nitrogens is 1. The first-order valence-corrected chi connectivity index (χ1v) is 13.0. The SMILES string of the molecule is N#CC1(NC(=O)C(Cc2nc3ccc(C4=CCN(CC(F)F)CC4)cc3o2)NC(=O)c2cccc(Cl)c2)CC1. The molecule has 1 atom stereocenters. The Kier molecular flexibility index (Phi) is 7.64. The lowest BCUT2D eigenvalue weighted by atomic mass is 9.99. The fourth-order valence-corrected chi connectivity index (χ4v) is 4.75. The van der Waals surface area contributed by atoms with Gasteiger partial charge in [-0.25, -0.2) is 13.8 Å². The molecule has 2 heterocycles. The molecular weight excluding hydrogens is 528 g/mol. The number of oxazole rings is 1. The molecule has 1 aliphatic heterocycles. The van der Waals surface area contributed by atoms with Crippen molar-refractivity contribution in [2.45, 2.75) is 43.7 Å². The van der Waals surface area contributed by atoms with Crippen molar-refractivity contribution in [2.75, 3.05) is 19.6 Å². The maximum absolute atomic E-state index is 13.1. The Bertz CT molecular complexity index is 1480. The van der Waals surface area contributed by atoms with Gasteiger partial charge >= 0.3 is 0 Å². The van der Waals surface area contributed by atoms with Gasteiger partial charge in [0.2, 0.25) is 5.91 Å². The van der Waals surface area contributed by atoms with Gasteiger partial charge in [0.25, 0.3) is 12.3 Å². The van der Waals surface area contributed by atoms with Crippen LogP contribution in [0.5, 0.6) is 0 Å². The third kappa shape index (κ3) is 6.44. The molecule has 0 bridgehead atoms. The zero-order valence-electron chi connectivity index (χ0n) is 20.9. The molecule has 2 aromatic carbocycles. The number of hydrogen-bond acceptors (Lipinski definition) is 6. The van der Waals surface area contributed by atoms with Gasteiger partial charge in [-0.1, -0.05) is 29.8 Å². The van der Waals surface area contributed by atoms with Crippen molar-refractivity contribution in [3.05, 3.63) is 70.6 Å². The minimum absolute atomic E-state index is 0.0328. The van der Waals surface area contributed by atoms with Crippen LogP contribution in [0.3, 0.4) is 0 Å². The van der Waals surface area contributed by atoms with Crippen molar-refractivity contribution in [3.63, 3.8) is 0 Å². The molecule has 3 aromatic rings. The molecule has 1 aromatic heterocycles. The first-order chi connectivity index (χ1) is 18.7. The Labute approximate surface area is 228 Å². The molecule has 1 fully saturated rings. The number of amides is 2. The van der Waals surface area contributed by atoms with E-state index < -0.39 is 29.8 Å². The highest BCUT2D eigenvalue weighted by Crippen LogP contribution is 2.34. The van der Waals surface area contributed by atoms with E-state index in [0.717, 1.165) is 11.1 Å². The summed E-state index contributed by atoms with van der Waals surface area (Å²) in [6, 6.07) is 13.0. The molecule has 0 saturated heterocycles. The Morgan fingerprint density at radius 3 is 2.72 bits per heavy atom. The number of hydrogen-bond donors (Lipinski definition) is 2. The van der Waals surface area contributed by atoms with Crippen LogP contribution in [0.25, 0.3) is 16.7 Å². The van der Waals surface area contributed by atoms with Gasteiger partial charge in [0.05, 0.1) is 19.0 Å². The molecule has 1 aliphatic carbocycles. The van der Waals surface area contributed by atoms with Gasteiger partial charge in [-0.2, -0.15) is 5.26 Å². The average molecular weight is 554 g/mol. The summed E-state index contributed by atoms with van der Waals surface area (Å²) in [7, 11) is 0. The molecule has 1 saturated carbocycles. The number of rotatable bonds is 9. The number of nitriles is 1. The smallest absolute Gasteiger partial charge is 0.251 e. The molecule has 11 heteroatoms. The van der Waals surface area contributed by atoms with E-state index in [4.69, 9.17) is 16.0 Å². The van der Waals surface area contributed by atoms with Crippen LogP contribution < -0.4 is 10.6 Å². The Hall–Kier alpha value is -3.81. The zero-order chi connectivity index (χ0) is 27.6. The molecule has 39 heavy (non-hydrogen) atoms. The fourth-order valence-electron chi connectivity index (χ4n) is 4.56. The third-order valence-electron chi connectivity index (χ3n) is 6.91. The van der Waals surface area contributed by atoms with Crippen LogP contribution in [0.1, 0.15) is 41.1 Å². The van der Waals surface area contributed by atoms with E-state index in [-0.39, 0.29) is 24.4 Å². The summed E-state index contributed by atoms with van der Waals surface area (Å²) >= 11 is 6.02. The van der Waals surface area contributed by atoms with E-state index in [2.05, 4.69) is 21.7 Å². The summed E-state index contributed by atoms with van der Waals surface area (Å²) < 4.78 is 31.3. The molecular formula is C28H26ClF2N5O3. The Morgan fingerprint density at radius 2 is 2.05 bits per heavy atom. The summed E-state index contributed by atoms with van der Waals surface area (Å²) in [5.41, 5.74) is 2.42. The summed E-state index contributed by atoms with van der Waals surface area (Å²) in [6.45, 7) is 0.752. The number of fused-ring (bicyclic) bond motifs is 1. The van der Waals surface area contributed by atoms with E-state index in [0.29, 0.717) is 48.5 Å². The lowest BCUT2D eigenvalue weighted by molar-refractivity contribution is -0.123. The second-order valence-electron chi connectivity index (χ2n) is 9.84. The minimum atomic E-state index is -2.36. The maximum atomic E-state index is 13.1. The van der Waals surface area contributed by atoms with E-state index in [1.165, 1.54) is 6.07 Å². The lowest BCUT2D eigenvalue weighted by Gasteiger charge is -2.25. The van der Waals surface area contributed by atoms with Gasteiger partial charge in [-0.15, -0.1) is 0 Å². The topological polar surface area (TPSA) is 111 Å². The molecule has 2 amide bonds. The second-order valence-corrected chi connectivity index (χ2v) is 10.3. The summed E-state index contributed by atoms with van der Waals surface area (Å²) in [6.07, 6.45) is 1.28. The van der Waals surface area contributed by atoms with Gasteiger partial charge < -0.3 is 15.1 Å². The number of nitrogens with one attached hydrogen (secondary N) is 2. The second kappa shape index (κ2) is 11.1. The number of alkyl halides is 2. The van der Waals surface area contributed by atoms with Gasteiger partial charge in [0.1, 0.15) is 17.1 Å². The molecule has 0 spiro atoms. The van der Waals surface area contributed by atoms with Crippen LogP contribution in [0.4, 0.5) is 8.78 Å². The molecule has 202 valence electrons. The quantitative estimate of drug-likeness (QED) is 0.407. The zero-order valence-corrected chi connectivity index (χ0v) is 21.7. The van der Waals surface area contributed by atoms with Gasteiger partial charge in [-0.05, 0) is 60.7 Å². The number of carbonyl (C=O) groups excluding carboxylic acids is 2. The van der Waals surface area contributed by atoms with E-state index >= 15 is 0 Å². The maximum Gasteiger partial charge on any atom is 0.251 e. The number of carbonyl (C=O) groups is 2. The normalized spacial score (nSPS) is 17.4. The van der Waals surface area contributed by atoms with Crippen molar-refractivity contribution in [1.29, 1.82) is 5.26 Å². The molecule has 0 radical (unpaired) electrons. The summed E-state index contributed by atoms with van der Waals surface area (Å²) in [5.74, 6) is -0.757. The van der Waals surface area contributed by atoms with Gasteiger partial charge in [0, 0.05) is 23.7 Å². The molecule has 1 unspecified atom stereocenters. The lowest BCUT2D eigenvalue weighted by Crippen LogP contribution is -2.51. The first-order valence-electron chi connectivity index (χ1n) is 12.6. The van der Waals surface area contributed by atoms with Gasteiger partial charge in [0.15, 0.2) is 11.5 Å². The molecule has 8 nitrogen and oxygen atoms in total. The Morgan fingerprint density at radius 1 is 1.23 bits per heavy atom. The minimum Gasteiger partial charge on any atom is -0.441 e. The van der Waals surface area contributed by atoms with Crippen molar-refractivity contribution < 1.29 is 22.8 Å². The predicted molar refractivity (Wildman–Crippen MR) is 141 cm³/mol. The van der Waals surface area contributed by atoms with Crippen LogP contribution >= 0.6 is 11.6 Å². The van der Waals surface area contributed by atoms with Gasteiger partial charge in [-0.3, -0.25) is 14.5 Å². The van der Waals surface area contributed by atoms with Crippen LogP contribution in [-0.2, 0) is 11.2 Å². The van der Waals surface area contributed by atoms with Crippen LogP contribution in [-0.4, -0.2) is 59.3 Å². The van der Waals surface area contributed by atoms with Crippen molar-refractivity contribution in [3.8, 4) is 6.07 Å². The highest BCUT2D eigenvalue weighted by molar-refractivity contribution is 6.31. The highest BCUT2D eigenvalue weighted by Gasteiger charge is 2.46. The van der Waals surface area contributed by atoms with E-state index in [1.54, 1.807) is 29.2 Å².